The second kappa shape index (κ2) is 7.77. The third-order valence-corrected chi connectivity index (χ3v) is 4.58. The standard InChI is InChI=1S/C20H19OP/c1-4-10-17(11-5-1)20(18-12-6-2-7-13-18)16-22-21-19-14-8-3-9-15-19/h1-15,20,22H,16H2. The molecular weight excluding hydrogens is 287 g/mol. The molecule has 0 amide bonds. The van der Waals surface area contributed by atoms with E-state index in [2.05, 4.69) is 60.7 Å². The summed E-state index contributed by atoms with van der Waals surface area (Å²) in [5.74, 6) is 1.32. The molecule has 0 saturated heterocycles. The monoisotopic (exact) mass is 306 g/mol. The summed E-state index contributed by atoms with van der Waals surface area (Å²) in [6, 6.07) is 31.4. The first kappa shape index (κ1) is 14.8. The maximum atomic E-state index is 5.91. The summed E-state index contributed by atoms with van der Waals surface area (Å²) in [4.78, 5) is 0. The third kappa shape index (κ3) is 3.96. The van der Waals surface area contributed by atoms with E-state index in [1.165, 1.54) is 11.1 Å². The first-order valence-electron chi connectivity index (χ1n) is 7.48. The normalized spacial score (nSPS) is 11.1. The molecule has 1 unspecified atom stereocenters. The van der Waals surface area contributed by atoms with E-state index in [9.17, 15) is 0 Å². The Morgan fingerprint density at radius 2 is 1.09 bits per heavy atom. The summed E-state index contributed by atoms with van der Waals surface area (Å²) in [7, 11) is 0.441. The third-order valence-electron chi connectivity index (χ3n) is 3.62. The Morgan fingerprint density at radius 3 is 1.59 bits per heavy atom. The molecule has 0 aliphatic rings. The average molecular weight is 306 g/mol. The smallest absolute Gasteiger partial charge is 0.122 e. The molecule has 2 heteroatoms. The van der Waals surface area contributed by atoms with Gasteiger partial charge in [-0.15, -0.1) is 0 Å². The van der Waals surface area contributed by atoms with Crippen LogP contribution in [0.4, 0.5) is 0 Å². The highest BCUT2D eigenvalue weighted by atomic mass is 31.1. The fraction of sp³-hybridized carbons (Fsp3) is 0.100. The van der Waals surface area contributed by atoms with Gasteiger partial charge in [0.1, 0.15) is 5.75 Å². The molecule has 0 aliphatic carbocycles. The van der Waals surface area contributed by atoms with E-state index in [-0.39, 0.29) is 0 Å². The van der Waals surface area contributed by atoms with Gasteiger partial charge in [0.25, 0.3) is 0 Å². The average Bonchev–Trinajstić information content (AvgIpc) is 2.61. The molecular formula is C20H19OP. The molecule has 22 heavy (non-hydrogen) atoms. The molecule has 3 aromatic carbocycles. The lowest BCUT2D eigenvalue weighted by molar-refractivity contribution is 0.626. The second-order valence-corrected chi connectivity index (χ2v) is 6.04. The van der Waals surface area contributed by atoms with Crippen molar-refractivity contribution in [3.8, 4) is 5.75 Å². The van der Waals surface area contributed by atoms with E-state index in [0.29, 0.717) is 14.7 Å². The molecule has 0 saturated carbocycles. The largest absolute Gasteiger partial charge is 0.477 e. The van der Waals surface area contributed by atoms with Crippen LogP contribution >= 0.6 is 8.81 Å². The van der Waals surface area contributed by atoms with Gasteiger partial charge in [0.05, 0.1) is 8.81 Å². The highest BCUT2D eigenvalue weighted by Crippen LogP contribution is 2.32. The van der Waals surface area contributed by atoms with Gasteiger partial charge in [0.15, 0.2) is 0 Å². The van der Waals surface area contributed by atoms with Crippen LogP contribution in [0.25, 0.3) is 0 Å². The highest BCUT2D eigenvalue weighted by molar-refractivity contribution is 7.32. The minimum Gasteiger partial charge on any atom is -0.477 e. The molecule has 0 heterocycles. The van der Waals surface area contributed by atoms with E-state index >= 15 is 0 Å². The summed E-state index contributed by atoms with van der Waals surface area (Å²) in [6.07, 6.45) is 0.989. The van der Waals surface area contributed by atoms with Crippen molar-refractivity contribution in [2.45, 2.75) is 5.92 Å². The van der Waals surface area contributed by atoms with Crippen LogP contribution in [0.1, 0.15) is 17.0 Å². The number of hydrogen-bond acceptors (Lipinski definition) is 1. The van der Waals surface area contributed by atoms with Crippen molar-refractivity contribution in [2.24, 2.45) is 0 Å². The van der Waals surface area contributed by atoms with Crippen molar-refractivity contribution in [1.82, 2.24) is 0 Å². The van der Waals surface area contributed by atoms with Crippen LogP contribution in [0.15, 0.2) is 91.0 Å². The van der Waals surface area contributed by atoms with Crippen LogP contribution in [0, 0.1) is 0 Å². The molecule has 0 fully saturated rings. The minimum atomic E-state index is 0.379. The van der Waals surface area contributed by atoms with E-state index in [4.69, 9.17) is 4.52 Å². The molecule has 0 radical (unpaired) electrons. The van der Waals surface area contributed by atoms with Crippen LogP contribution in [0.5, 0.6) is 5.75 Å². The maximum absolute atomic E-state index is 5.91. The van der Waals surface area contributed by atoms with Gasteiger partial charge in [-0.1, -0.05) is 78.9 Å². The number of para-hydroxylation sites is 1. The van der Waals surface area contributed by atoms with Gasteiger partial charge >= 0.3 is 0 Å². The quantitative estimate of drug-likeness (QED) is 0.547. The zero-order valence-electron chi connectivity index (χ0n) is 12.4. The van der Waals surface area contributed by atoms with Crippen LogP contribution in [-0.4, -0.2) is 6.16 Å². The fourth-order valence-electron chi connectivity index (χ4n) is 2.50. The van der Waals surface area contributed by atoms with Gasteiger partial charge in [-0.25, -0.2) is 0 Å². The minimum absolute atomic E-state index is 0.379. The SMILES string of the molecule is c1ccc(OPCC(c2ccccc2)c2ccccc2)cc1. The van der Waals surface area contributed by atoms with Gasteiger partial charge in [0.2, 0.25) is 0 Å². The summed E-state index contributed by atoms with van der Waals surface area (Å²) in [5, 5.41) is 0. The van der Waals surface area contributed by atoms with Crippen molar-refractivity contribution >= 4 is 8.81 Å². The van der Waals surface area contributed by atoms with Crippen molar-refractivity contribution in [3.05, 3.63) is 102 Å². The van der Waals surface area contributed by atoms with Gasteiger partial charge < -0.3 is 4.52 Å². The van der Waals surface area contributed by atoms with Gasteiger partial charge in [-0.2, -0.15) is 0 Å². The Hall–Kier alpha value is -2.11. The van der Waals surface area contributed by atoms with Gasteiger partial charge in [-0.3, -0.25) is 0 Å². The Morgan fingerprint density at radius 1 is 0.636 bits per heavy atom. The molecule has 0 N–H and O–H groups in total. The van der Waals surface area contributed by atoms with Gasteiger partial charge in [0, 0.05) is 12.1 Å². The molecule has 0 aromatic heterocycles. The van der Waals surface area contributed by atoms with Crippen molar-refractivity contribution in [2.75, 3.05) is 6.16 Å². The topological polar surface area (TPSA) is 9.23 Å². The lowest BCUT2D eigenvalue weighted by Gasteiger charge is -2.18. The zero-order valence-corrected chi connectivity index (χ0v) is 13.4. The first-order valence-corrected chi connectivity index (χ1v) is 8.59. The number of hydrogen-bond donors (Lipinski definition) is 0. The van der Waals surface area contributed by atoms with Crippen molar-refractivity contribution < 1.29 is 4.52 Å². The lowest BCUT2D eigenvalue weighted by atomic mass is 9.93. The summed E-state index contributed by atoms with van der Waals surface area (Å²) >= 11 is 0. The van der Waals surface area contributed by atoms with Crippen molar-refractivity contribution in [1.29, 1.82) is 0 Å². The second-order valence-electron chi connectivity index (χ2n) is 5.14. The Bertz CT molecular complexity index is 628. The molecule has 0 bridgehead atoms. The zero-order chi connectivity index (χ0) is 15.0. The van der Waals surface area contributed by atoms with Crippen LogP contribution < -0.4 is 4.52 Å². The highest BCUT2D eigenvalue weighted by Gasteiger charge is 2.14. The molecule has 3 rings (SSSR count). The molecule has 1 nitrogen and oxygen atoms in total. The van der Waals surface area contributed by atoms with Crippen molar-refractivity contribution in [3.63, 3.8) is 0 Å². The molecule has 0 spiro atoms. The maximum Gasteiger partial charge on any atom is 0.122 e. The van der Waals surface area contributed by atoms with E-state index < -0.39 is 0 Å². The van der Waals surface area contributed by atoms with E-state index in [1.54, 1.807) is 0 Å². The Labute approximate surface area is 133 Å². The Balaban J connectivity index is 1.72. The van der Waals surface area contributed by atoms with Crippen LogP contribution in [0.3, 0.4) is 0 Å². The molecule has 110 valence electrons. The van der Waals surface area contributed by atoms with Crippen LogP contribution in [-0.2, 0) is 0 Å². The summed E-state index contributed by atoms with van der Waals surface area (Å²) < 4.78 is 5.91. The van der Waals surface area contributed by atoms with Crippen LogP contribution in [0.2, 0.25) is 0 Å². The lowest BCUT2D eigenvalue weighted by Crippen LogP contribution is -2.04. The Kier molecular flexibility index (Phi) is 5.23. The molecule has 3 aromatic rings. The molecule has 0 aliphatic heterocycles. The first-order chi connectivity index (χ1) is 10.9. The number of benzene rings is 3. The van der Waals surface area contributed by atoms with Gasteiger partial charge in [-0.05, 0) is 23.3 Å². The molecule has 1 atom stereocenters. The summed E-state index contributed by atoms with van der Waals surface area (Å²) in [6.45, 7) is 0. The van der Waals surface area contributed by atoms with E-state index in [1.807, 2.05) is 30.3 Å². The number of rotatable bonds is 6. The predicted octanol–water partition coefficient (Wildman–Crippen LogP) is 5.49. The van der Waals surface area contributed by atoms with E-state index in [0.717, 1.165) is 11.9 Å². The fourth-order valence-corrected chi connectivity index (χ4v) is 3.52. The summed E-state index contributed by atoms with van der Waals surface area (Å²) in [5.41, 5.74) is 2.69. The predicted molar refractivity (Wildman–Crippen MR) is 95.0 cm³/mol.